The molecule has 3 rings (SSSR count). The highest BCUT2D eigenvalue weighted by atomic mass is 19.1. The van der Waals surface area contributed by atoms with Gasteiger partial charge in [-0.3, -0.25) is 0 Å². The van der Waals surface area contributed by atoms with Gasteiger partial charge in [0.15, 0.2) is 0 Å². The first-order chi connectivity index (χ1) is 11.7. The van der Waals surface area contributed by atoms with Crippen LogP contribution in [0, 0.1) is 5.82 Å². The van der Waals surface area contributed by atoms with Crippen LogP contribution in [-0.4, -0.2) is 0 Å². The van der Waals surface area contributed by atoms with Crippen molar-refractivity contribution in [3.05, 3.63) is 88.8 Å². The van der Waals surface area contributed by atoms with Crippen LogP contribution in [0.5, 0.6) is 0 Å². The van der Waals surface area contributed by atoms with Crippen LogP contribution in [-0.2, 0) is 19.3 Å². The van der Waals surface area contributed by atoms with Crippen molar-refractivity contribution in [1.29, 1.82) is 0 Å². The first kappa shape index (κ1) is 16.7. The van der Waals surface area contributed by atoms with E-state index in [1.807, 2.05) is 37.3 Å². The van der Waals surface area contributed by atoms with Gasteiger partial charge < -0.3 is 0 Å². The van der Waals surface area contributed by atoms with E-state index in [2.05, 4.69) is 24.8 Å². The summed E-state index contributed by atoms with van der Waals surface area (Å²) in [5.74, 6) is 0.220. The number of hydrogen-bond acceptors (Lipinski definition) is 0. The highest BCUT2D eigenvalue weighted by Crippen LogP contribution is 2.34. The third-order valence-corrected chi connectivity index (χ3v) is 4.96. The zero-order valence-electron chi connectivity index (χ0n) is 14.4. The summed E-state index contributed by atoms with van der Waals surface area (Å²) in [5, 5.41) is 0. The molecule has 24 heavy (non-hydrogen) atoms. The maximum absolute atomic E-state index is 14.5. The molecule has 0 N–H and O–H groups in total. The minimum Gasteiger partial charge on any atom is -0.207 e. The number of fused-ring (bicyclic) bond motifs is 1. The van der Waals surface area contributed by atoms with E-state index in [1.54, 1.807) is 6.07 Å². The Balaban J connectivity index is 1.78. The van der Waals surface area contributed by atoms with Gasteiger partial charge in [0.25, 0.3) is 0 Å². The number of hydrogen-bond donors (Lipinski definition) is 0. The summed E-state index contributed by atoms with van der Waals surface area (Å²) in [5.41, 5.74) is 6.00. The lowest BCUT2D eigenvalue weighted by Crippen LogP contribution is -2.14. The van der Waals surface area contributed by atoms with Crippen LogP contribution >= 0.6 is 0 Å². The van der Waals surface area contributed by atoms with Crippen molar-refractivity contribution in [2.24, 2.45) is 0 Å². The molecule has 1 atom stereocenters. The Bertz CT molecular complexity index is 755. The lowest BCUT2D eigenvalue weighted by Gasteiger charge is -2.26. The Hall–Kier alpha value is -2.15. The third kappa shape index (κ3) is 3.67. The molecule has 0 aromatic heterocycles. The summed E-state index contributed by atoms with van der Waals surface area (Å²) in [6.07, 6.45) is 10.9. The first-order valence-corrected chi connectivity index (χ1v) is 8.85. The molecular formula is C23H25F. The van der Waals surface area contributed by atoms with Crippen molar-refractivity contribution in [1.82, 2.24) is 0 Å². The van der Waals surface area contributed by atoms with Gasteiger partial charge in [-0.1, -0.05) is 48.6 Å². The fourth-order valence-electron chi connectivity index (χ4n) is 3.67. The highest BCUT2D eigenvalue weighted by Gasteiger charge is 2.22. The standard InChI is InChI=1S/C23H25F/c1-3-5-7-18-8-10-20-16-21(12-11-19(20)14-18)22-13-9-17(6-4-2)15-23(22)24/h3-4,6,8-10,13-15,21H,1,5,7,11-12,16H2,2H3/b6-4+. The predicted octanol–water partition coefficient (Wildman–Crippen LogP) is 6.25. The van der Waals surface area contributed by atoms with Gasteiger partial charge in [-0.15, -0.1) is 6.58 Å². The molecule has 1 heteroatoms. The lowest BCUT2D eigenvalue weighted by molar-refractivity contribution is 0.533. The molecule has 1 aliphatic rings. The van der Waals surface area contributed by atoms with E-state index >= 15 is 0 Å². The molecule has 0 aliphatic heterocycles. The van der Waals surface area contributed by atoms with Crippen molar-refractivity contribution >= 4 is 6.08 Å². The number of aryl methyl sites for hydroxylation is 2. The second-order valence-electron chi connectivity index (χ2n) is 6.65. The van der Waals surface area contributed by atoms with Crippen LogP contribution in [0.3, 0.4) is 0 Å². The van der Waals surface area contributed by atoms with Crippen LogP contribution < -0.4 is 0 Å². The molecule has 0 heterocycles. The quantitative estimate of drug-likeness (QED) is 0.571. The maximum atomic E-state index is 14.5. The largest absolute Gasteiger partial charge is 0.207 e. The molecule has 0 saturated heterocycles. The fraction of sp³-hybridized carbons (Fsp3) is 0.304. The van der Waals surface area contributed by atoms with Crippen LogP contribution in [0.4, 0.5) is 4.39 Å². The Morgan fingerprint density at radius 2 is 2.04 bits per heavy atom. The summed E-state index contributed by atoms with van der Waals surface area (Å²) < 4.78 is 14.5. The SMILES string of the molecule is C=CCCc1ccc2c(c1)CCC(c1ccc(/C=C/C)cc1F)C2. The highest BCUT2D eigenvalue weighted by molar-refractivity contribution is 5.50. The van der Waals surface area contributed by atoms with Crippen LogP contribution in [0.1, 0.15) is 53.5 Å². The maximum Gasteiger partial charge on any atom is 0.127 e. The molecular weight excluding hydrogens is 295 g/mol. The van der Waals surface area contributed by atoms with Crippen LogP contribution in [0.2, 0.25) is 0 Å². The predicted molar refractivity (Wildman–Crippen MR) is 101 cm³/mol. The summed E-state index contributed by atoms with van der Waals surface area (Å²) in [6.45, 7) is 5.74. The average molecular weight is 320 g/mol. The molecule has 0 bridgehead atoms. The van der Waals surface area contributed by atoms with Gasteiger partial charge >= 0.3 is 0 Å². The molecule has 2 aromatic rings. The Labute approximate surface area is 144 Å². The molecule has 124 valence electrons. The van der Waals surface area contributed by atoms with E-state index in [4.69, 9.17) is 0 Å². The Morgan fingerprint density at radius 3 is 2.79 bits per heavy atom. The van der Waals surface area contributed by atoms with E-state index < -0.39 is 0 Å². The molecule has 0 amide bonds. The molecule has 0 fully saturated rings. The normalized spacial score (nSPS) is 17.0. The fourth-order valence-corrected chi connectivity index (χ4v) is 3.67. The first-order valence-electron chi connectivity index (χ1n) is 8.85. The Morgan fingerprint density at radius 1 is 1.17 bits per heavy atom. The van der Waals surface area contributed by atoms with Crippen molar-refractivity contribution < 1.29 is 4.39 Å². The van der Waals surface area contributed by atoms with E-state index in [1.165, 1.54) is 16.7 Å². The molecule has 0 spiro atoms. The summed E-state index contributed by atoms with van der Waals surface area (Å²) in [7, 11) is 0. The second kappa shape index (κ2) is 7.61. The zero-order valence-corrected chi connectivity index (χ0v) is 14.4. The van der Waals surface area contributed by atoms with Gasteiger partial charge in [0.2, 0.25) is 0 Å². The molecule has 1 aliphatic carbocycles. The summed E-state index contributed by atoms with van der Waals surface area (Å²) in [6, 6.07) is 12.4. The van der Waals surface area contributed by atoms with Crippen molar-refractivity contribution in [3.8, 4) is 0 Å². The molecule has 1 unspecified atom stereocenters. The van der Waals surface area contributed by atoms with Crippen molar-refractivity contribution in [2.45, 2.75) is 44.9 Å². The summed E-state index contributed by atoms with van der Waals surface area (Å²) in [4.78, 5) is 0. The number of rotatable bonds is 5. The zero-order chi connectivity index (χ0) is 16.9. The second-order valence-corrected chi connectivity index (χ2v) is 6.65. The number of halogens is 1. The van der Waals surface area contributed by atoms with E-state index in [-0.39, 0.29) is 11.7 Å². The third-order valence-electron chi connectivity index (χ3n) is 4.96. The van der Waals surface area contributed by atoms with E-state index in [9.17, 15) is 4.39 Å². The van der Waals surface area contributed by atoms with Crippen molar-refractivity contribution in [2.75, 3.05) is 0 Å². The van der Waals surface area contributed by atoms with Gasteiger partial charge in [-0.2, -0.15) is 0 Å². The molecule has 0 radical (unpaired) electrons. The molecule has 0 nitrogen and oxygen atoms in total. The minimum absolute atomic E-state index is 0.0679. The summed E-state index contributed by atoms with van der Waals surface area (Å²) >= 11 is 0. The van der Waals surface area contributed by atoms with E-state index in [0.717, 1.165) is 43.2 Å². The van der Waals surface area contributed by atoms with Gasteiger partial charge in [-0.25, -0.2) is 4.39 Å². The van der Waals surface area contributed by atoms with E-state index in [0.29, 0.717) is 0 Å². The topological polar surface area (TPSA) is 0 Å². The van der Waals surface area contributed by atoms with Gasteiger partial charge in [0, 0.05) is 0 Å². The van der Waals surface area contributed by atoms with Gasteiger partial charge in [-0.05, 0) is 78.8 Å². The number of benzene rings is 2. The molecule has 0 saturated carbocycles. The lowest BCUT2D eigenvalue weighted by atomic mass is 9.79. The Kier molecular flexibility index (Phi) is 5.30. The van der Waals surface area contributed by atoms with Crippen LogP contribution in [0.25, 0.3) is 6.08 Å². The molecule has 2 aromatic carbocycles. The average Bonchev–Trinajstić information content (AvgIpc) is 2.60. The monoisotopic (exact) mass is 320 g/mol. The van der Waals surface area contributed by atoms with Gasteiger partial charge in [0.1, 0.15) is 5.82 Å². The van der Waals surface area contributed by atoms with Crippen LogP contribution in [0.15, 0.2) is 55.1 Å². The van der Waals surface area contributed by atoms with Crippen molar-refractivity contribution in [3.63, 3.8) is 0 Å². The smallest absolute Gasteiger partial charge is 0.127 e. The number of allylic oxidation sites excluding steroid dienone is 2. The minimum atomic E-state index is -0.0679. The van der Waals surface area contributed by atoms with Gasteiger partial charge in [0.05, 0.1) is 0 Å².